The number of hydrogen-bond acceptors (Lipinski definition) is 4. The molecule has 0 aliphatic carbocycles. The summed E-state index contributed by atoms with van der Waals surface area (Å²) in [6.07, 6.45) is 1.27. The summed E-state index contributed by atoms with van der Waals surface area (Å²) in [5.74, 6) is -0.686. The molecule has 10 heteroatoms. The number of halogens is 2. The second kappa shape index (κ2) is 14.0. The molecule has 3 aromatic carbocycles. The van der Waals surface area contributed by atoms with Crippen LogP contribution in [0.3, 0.4) is 0 Å². The molecule has 0 bridgehead atoms. The number of hydrogen-bond donors (Lipinski definition) is 1. The fourth-order valence-corrected chi connectivity index (χ4v) is 5.49. The third-order valence-electron chi connectivity index (χ3n) is 6.37. The summed E-state index contributed by atoms with van der Waals surface area (Å²) in [4.78, 5) is 29.2. The molecule has 3 rings (SSSR count). The van der Waals surface area contributed by atoms with Gasteiger partial charge in [-0.2, -0.15) is 0 Å². The van der Waals surface area contributed by atoms with Crippen LogP contribution in [0.5, 0.6) is 0 Å². The third kappa shape index (κ3) is 8.71. The topological polar surface area (TPSA) is 86.8 Å². The van der Waals surface area contributed by atoms with Crippen LogP contribution in [0.1, 0.15) is 30.5 Å². The SMILES string of the molecule is Cc1ccc(Cl)cc1N(CC(=O)N(Cc1ccccc1Cl)C(Cc1ccccc1)C(=O)NCC(C)C)S(C)(=O)=O. The minimum absolute atomic E-state index is 0.0111. The molecule has 1 atom stereocenters. The molecule has 0 heterocycles. The quantitative estimate of drug-likeness (QED) is 0.297. The van der Waals surface area contributed by atoms with Gasteiger partial charge in [0.25, 0.3) is 0 Å². The zero-order valence-corrected chi connectivity index (χ0v) is 25.4. The van der Waals surface area contributed by atoms with Crippen LogP contribution < -0.4 is 9.62 Å². The normalized spacial score (nSPS) is 12.2. The van der Waals surface area contributed by atoms with E-state index in [1.165, 1.54) is 11.0 Å². The van der Waals surface area contributed by atoms with Gasteiger partial charge in [-0.1, -0.05) is 91.6 Å². The number of benzene rings is 3. The Labute approximate surface area is 247 Å². The van der Waals surface area contributed by atoms with Gasteiger partial charge in [0.05, 0.1) is 11.9 Å². The summed E-state index contributed by atoms with van der Waals surface area (Å²) < 4.78 is 26.9. The average molecular weight is 605 g/mol. The first-order valence-corrected chi connectivity index (χ1v) is 15.6. The van der Waals surface area contributed by atoms with Crippen molar-refractivity contribution in [2.75, 3.05) is 23.7 Å². The Morgan fingerprint density at radius 2 is 1.60 bits per heavy atom. The van der Waals surface area contributed by atoms with Crippen molar-refractivity contribution in [3.05, 3.63) is 99.5 Å². The van der Waals surface area contributed by atoms with Crippen LogP contribution in [-0.4, -0.2) is 50.5 Å². The van der Waals surface area contributed by atoms with Crippen LogP contribution in [0.25, 0.3) is 0 Å². The number of nitrogens with zero attached hydrogens (tertiary/aromatic N) is 2. The highest BCUT2D eigenvalue weighted by molar-refractivity contribution is 7.92. The van der Waals surface area contributed by atoms with Crippen molar-refractivity contribution in [2.45, 2.75) is 39.8 Å². The van der Waals surface area contributed by atoms with Gasteiger partial charge >= 0.3 is 0 Å². The molecular formula is C30H35Cl2N3O4S. The Hall–Kier alpha value is -3.07. The minimum atomic E-state index is -3.89. The molecule has 0 aliphatic rings. The zero-order valence-electron chi connectivity index (χ0n) is 23.1. The molecular weight excluding hydrogens is 569 g/mol. The predicted molar refractivity (Wildman–Crippen MR) is 162 cm³/mol. The highest BCUT2D eigenvalue weighted by atomic mass is 35.5. The van der Waals surface area contributed by atoms with Gasteiger partial charge in [0.15, 0.2) is 0 Å². The number of amides is 2. The fourth-order valence-electron chi connectivity index (χ4n) is 4.23. The van der Waals surface area contributed by atoms with E-state index >= 15 is 0 Å². The lowest BCUT2D eigenvalue weighted by Crippen LogP contribution is -2.53. The standard InChI is InChI=1S/C30H35Cl2N3O4S/c1-21(2)18-33-30(37)28(16-23-10-6-5-7-11-23)34(19-24-12-8-9-13-26(24)32)29(36)20-35(40(4,38)39)27-17-25(31)15-14-22(27)3/h5-15,17,21,28H,16,18-20H2,1-4H3,(H,33,37). The van der Waals surface area contributed by atoms with Crippen molar-refractivity contribution in [2.24, 2.45) is 5.92 Å². The largest absolute Gasteiger partial charge is 0.354 e. The van der Waals surface area contributed by atoms with E-state index in [1.807, 2.05) is 44.2 Å². The van der Waals surface area contributed by atoms with E-state index in [0.29, 0.717) is 33.4 Å². The maximum absolute atomic E-state index is 14.1. The number of sulfonamides is 1. The predicted octanol–water partition coefficient (Wildman–Crippen LogP) is 5.48. The lowest BCUT2D eigenvalue weighted by Gasteiger charge is -2.34. The summed E-state index contributed by atoms with van der Waals surface area (Å²) in [7, 11) is -3.89. The van der Waals surface area contributed by atoms with Crippen LogP contribution in [0, 0.1) is 12.8 Å². The first-order chi connectivity index (χ1) is 18.9. The smallest absolute Gasteiger partial charge is 0.244 e. The Morgan fingerprint density at radius 1 is 0.950 bits per heavy atom. The van der Waals surface area contributed by atoms with Crippen LogP contribution in [0.15, 0.2) is 72.8 Å². The number of rotatable bonds is 12. The van der Waals surface area contributed by atoms with Gasteiger partial charge < -0.3 is 10.2 Å². The van der Waals surface area contributed by atoms with E-state index < -0.39 is 28.5 Å². The van der Waals surface area contributed by atoms with Crippen molar-refractivity contribution in [3.8, 4) is 0 Å². The first-order valence-electron chi connectivity index (χ1n) is 12.9. The molecule has 2 amide bonds. The number of nitrogens with one attached hydrogen (secondary N) is 1. The van der Waals surface area contributed by atoms with Crippen molar-refractivity contribution in [3.63, 3.8) is 0 Å². The van der Waals surface area contributed by atoms with Crippen molar-refractivity contribution >= 4 is 50.7 Å². The molecule has 0 spiro atoms. The molecule has 214 valence electrons. The van der Waals surface area contributed by atoms with Crippen molar-refractivity contribution in [1.29, 1.82) is 0 Å². The highest BCUT2D eigenvalue weighted by Crippen LogP contribution is 2.27. The number of carbonyl (C=O) groups is 2. The molecule has 7 nitrogen and oxygen atoms in total. The van der Waals surface area contributed by atoms with E-state index in [4.69, 9.17) is 23.2 Å². The third-order valence-corrected chi connectivity index (χ3v) is 8.10. The number of aryl methyl sites for hydroxylation is 1. The second-order valence-electron chi connectivity index (χ2n) is 10.2. The van der Waals surface area contributed by atoms with Gasteiger partial charge in [0.1, 0.15) is 12.6 Å². The van der Waals surface area contributed by atoms with Crippen molar-refractivity contribution in [1.82, 2.24) is 10.2 Å². The van der Waals surface area contributed by atoms with E-state index in [1.54, 1.807) is 43.3 Å². The van der Waals surface area contributed by atoms with Crippen LogP contribution in [0.2, 0.25) is 10.0 Å². The summed E-state index contributed by atoms with van der Waals surface area (Å²) in [6, 6.07) is 20.4. The summed E-state index contributed by atoms with van der Waals surface area (Å²) >= 11 is 12.7. The molecule has 0 aliphatic heterocycles. The van der Waals surface area contributed by atoms with Crippen LogP contribution >= 0.6 is 23.2 Å². The zero-order chi connectivity index (χ0) is 29.4. The lowest BCUT2D eigenvalue weighted by atomic mass is 10.0. The van der Waals surface area contributed by atoms with E-state index in [9.17, 15) is 18.0 Å². The highest BCUT2D eigenvalue weighted by Gasteiger charge is 2.33. The van der Waals surface area contributed by atoms with Gasteiger partial charge in [-0.25, -0.2) is 8.42 Å². The molecule has 40 heavy (non-hydrogen) atoms. The van der Waals surface area contributed by atoms with Gasteiger partial charge in [0, 0.05) is 29.6 Å². The van der Waals surface area contributed by atoms with Gasteiger partial charge in [-0.05, 0) is 47.7 Å². The summed E-state index contributed by atoms with van der Waals surface area (Å²) in [5, 5.41) is 3.73. The minimum Gasteiger partial charge on any atom is -0.354 e. The Morgan fingerprint density at radius 3 is 2.23 bits per heavy atom. The summed E-state index contributed by atoms with van der Waals surface area (Å²) in [6.45, 7) is 5.63. The van der Waals surface area contributed by atoms with Crippen molar-refractivity contribution < 1.29 is 18.0 Å². The Balaban J connectivity index is 2.08. The molecule has 0 radical (unpaired) electrons. The molecule has 0 fully saturated rings. The van der Waals surface area contributed by atoms with Gasteiger partial charge in [-0.3, -0.25) is 13.9 Å². The number of anilines is 1. The average Bonchev–Trinajstić information content (AvgIpc) is 2.90. The molecule has 0 saturated carbocycles. The monoisotopic (exact) mass is 603 g/mol. The van der Waals surface area contributed by atoms with E-state index in [0.717, 1.165) is 16.1 Å². The van der Waals surface area contributed by atoms with Crippen LogP contribution in [0.4, 0.5) is 5.69 Å². The van der Waals surface area contributed by atoms with E-state index in [-0.39, 0.29) is 24.8 Å². The molecule has 1 N–H and O–H groups in total. The van der Waals surface area contributed by atoms with Crippen LogP contribution in [-0.2, 0) is 32.6 Å². The molecule has 1 unspecified atom stereocenters. The number of carbonyl (C=O) groups excluding carboxylic acids is 2. The summed E-state index contributed by atoms with van der Waals surface area (Å²) in [5.41, 5.74) is 2.42. The first kappa shape index (κ1) is 31.5. The van der Waals surface area contributed by atoms with Gasteiger partial charge in [0.2, 0.25) is 21.8 Å². The molecule has 3 aromatic rings. The van der Waals surface area contributed by atoms with Gasteiger partial charge in [-0.15, -0.1) is 0 Å². The lowest BCUT2D eigenvalue weighted by molar-refractivity contribution is -0.140. The molecule has 0 aromatic heterocycles. The van der Waals surface area contributed by atoms with E-state index in [2.05, 4.69) is 5.32 Å². The molecule has 0 saturated heterocycles. The maximum Gasteiger partial charge on any atom is 0.244 e. The fraction of sp³-hybridized carbons (Fsp3) is 0.333. The Kier molecular flexibility index (Phi) is 11.0. The second-order valence-corrected chi connectivity index (χ2v) is 12.9. The maximum atomic E-state index is 14.1. The Bertz CT molecular complexity index is 1430.